The zero-order chi connectivity index (χ0) is 31.1. The van der Waals surface area contributed by atoms with Crippen LogP contribution in [0.2, 0.25) is 18.1 Å². The molecule has 0 heterocycles. The smallest absolute Gasteiger partial charge is 0.337 e. The summed E-state index contributed by atoms with van der Waals surface area (Å²) in [5.74, 6) is -0.127. The van der Waals surface area contributed by atoms with E-state index < -0.39 is 44.8 Å². The van der Waals surface area contributed by atoms with Crippen molar-refractivity contribution in [3.8, 4) is 5.75 Å². The summed E-state index contributed by atoms with van der Waals surface area (Å²) < 4.78 is 45.2. The number of carbonyl (C=O) groups is 1. The summed E-state index contributed by atoms with van der Waals surface area (Å²) in [4.78, 5) is 12.1. The number of carbonyl (C=O) groups excluding carboxylic acids is 1. The molecule has 1 aromatic rings. The second-order valence-corrected chi connectivity index (χ2v) is 16.1. The van der Waals surface area contributed by atoms with Crippen LogP contribution in [0.25, 0.3) is 0 Å². The normalized spacial score (nSPS) is 16.1. The highest BCUT2D eigenvalue weighted by molar-refractivity contribution is 6.74. The molecule has 238 valence electrons. The van der Waals surface area contributed by atoms with Gasteiger partial charge in [-0.05, 0) is 42.8 Å². The number of benzene rings is 1. The van der Waals surface area contributed by atoms with Crippen LogP contribution in [0, 0.1) is 0 Å². The lowest BCUT2D eigenvalue weighted by atomic mass is 9.99. The molecule has 0 fully saturated rings. The van der Waals surface area contributed by atoms with Crippen molar-refractivity contribution >= 4 is 14.3 Å². The molecule has 0 unspecified atom stereocenters. The molecule has 0 bridgehead atoms. The molecule has 0 amide bonds. The van der Waals surface area contributed by atoms with Crippen molar-refractivity contribution in [1.29, 1.82) is 0 Å². The number of rotatable bonds is 21. The predicted octanol–water partition coefficient (Wildman–Crippen LogP) is 3.65. The Morgan fingerprint density at radius 3 is 2.02 bits per heavy atom. The van der Waals surface area contributed by atoms with Crippen molar-refractivity contribution in [2.75, 3.05) is 48.1 Å². The fourth-order valence-electron chi connectivity index (χ4n) is 3.74. The highest BCUT2D eigenvalue weighted by Gasteiger charge is 2.41. The zero-order valence-electron chi connectivity index (χ0n) is 26.2. The topological polar surface area (TPSA) is 131 Å². The molecule has 12 heteroatoms. The largest absolute Gasteiger partial charge is 0.497 e. The van der Waals surface area contributed by atoms with E-state index in [0.717, 1.165) is 11.3 Å². The van der Waals surface area contributed by atoms with Gasteiger partial charge in [0.2, 0.25) is 0 Å². The van der Waals surface area contributed by atoms with Crippen molar-refractivity contribution in [2.24, 2.45) is 0 Å². The van der Waals surface area contributed by atoms with Crippen LogP contribution in [0.3, 0.4) is 0 Å². The second kappa shape index (κ2) is 18.8. The lowest BCUT2D eigenvalue weighted by Gasteiger charge is -2.41. The van der Waals surface area contributed by atoms with Crippen LogP contribution in [-0.4, -0.2) is 103 Å². The third-order valence-electron chi connectivity index (χ3n) is 7.08. The Morgan fingerprint density at radius 1 is 0.927 bits per heavy atom. The van der Waals surface area contributed by atoms with E-state index in [-0.39, 0.29) is 44.7 Å². The molecule has 5 atom stereocenters. The van der Waals surface area contributed by atoms with Gasteiger partial charge in [0.1, 0.15) is 25.4 Å². The van der Waals surface area contributed by atoms with Crippen LogP contribution in [-0.2, 0) is 44.2 Å². The van der Waals surface area contributed by atoms with Gasteiger partial charge in [0.25, 0.3) is 0 Å². The monoisotopic (exact) mass is 604 g/mol. The van der Waals surface area contributed by atoms with E-state index in [0.29, 0.717) is 6.61 Å². The number of hydrogen-bond acceptors (Lipinski definition) is 11. The molecule has 0 saturated heterocycles. The van der Waals surface area contributed by atoms with Crippen molar-refractivity contribution in [2.45, 2.75) is 95.8 Å². The Bertz CT molecular complexity index is 844. The number of ether oxygens (including phenoxy) is 7. The van der Waals surface area contributed by atoms with Gasteiger partial charge in [0, 0.05) is 27.1 Å². The van der Waals surface area contributed by atoms with Crippen molar-refractivity contribution in [3.63, 3.8) is 0 Å². The van der Waals surface area contributed by atoms with Gasteiger partial charge < -0.3 is 47.8 Å². The van der Waals surface area contributed by atoms with Crippen LogP contribution in [0.4, 0.5) is 0 Å². The van der Waals surface area contributed by atoms with Gasteiger partial charge in [-0.3, -0.25) is 0 Å². The first-order valence-corrected chi connectivity index (χ1v) is 16.8. The van der Waals surface area contributed by atoms with E-state index >= 15 is 0 Å². The fourth-order valence-corrected chi connectivity index (χ4v) is 5.12. The molecule has 0 aliphatic heterocycles. The SMILES string of the molecule is CCOC(=O)[C@H](O)[C@H](O)C[C@H](C[C@@H](OCOC)[C@@H](COCc1ccc(OC)cc1)OCOC)O[Si](C)(C)C(C)(C)C. The minimum absolute atomic E-state index is 0.00135. The lowest BCUT2D eigenvalue weighted by molar-refractivity contribution is -0.181. The number of aliphatic hydroxyl groups excluding tert-OH is 2. The van der Waals surface area contributed by atoms with Gasteiger partial charge in [0.05, 0.1) is 45.2 Å². The molecule has 0 aliphatic carbocycles. The summed E-state index contributed by atoms with van der Waals surface area (Å²) >= 11 is 0. The molecule has 0 saturated carbocycles. The van der Waals surface area contributed by atoms with E-state index in [1.54, 1.807) is 14.0 Å². The van der Waals surface area contributed by atoms with Crippen LogP contribution < -0.4 is 4.74 Å². The Hall–Kier alpha value is -1.61. The van der Waals surface area contributed by atoms with Crippen LogP contribution >= 0.6 is 0 Å². The highest BCUT2D eigenvalue weighted by Crippen LogP contribution is 2.38. The van der Waals surface area contributed by atoms with Gasteiger partial charge >= 0.3 is 5.97 Å². The summed E-state index contributed by atoms with van der Waals surface area (Å²) in [7, 11) is 2.31. The van der Waals surface area contributed by atoms with E-state index in [2.05, 4.69) is 33.9 Å². The first-order chi connectivity index (χ1) is 19.3. The van der Waals surface area contributed by atoms with Gasteiger partial charge in [-0.15, -0.1) is 0 Å². The maximum atomic E-state index is 12.1. The molecule has 11 nitrogen and oxygen atoms in total. The summed E-state index contributed by atoms with van der Waals surface area (Å²) in [6.45, 7) is 12.7. The summed E-state index contributed by atoms with van der Waals surface area (Å²) in [6, 6.07) is 7.56. The fraction of sp³-hybridized carbons (Fsp3) is 0.759. The first kappa shape index (κ1) is 37.4. The number of hydrogen-bond donors (Lipinski definition) is 2. The summed E-state index contributed by atoms with van der Waals surface area (Å²) in [6.07, 6.45) is -4.63. The third kappa shape index (κ3) is 13.5. The molecule has 0 aromatic heterocycles. The number of aliphatic hydroxyl groups is 2. The Balaban J connectivity index is 3.17. The van der Waals surface area contributed by atoms with Gasteiger partial charge in [-0.2, -0.15) is 0 Å². The lowest BCUT2D eigenvalue weighted by Crippen LogP contribution is -2.48. The first-order valence-electron chi connectivity index (χ1n) is 13.9. The van der Waals surface area contributed by atoms with Crippen LogP contribution in [0.5, 0.6) is 5.75 Å². The predicted molar refractivity (Wildman–Crippen MR) is 156 cm³/mol. The summed E-state index contributed by atoms with van der Waals surface area (Å²) in [5, 5.41) is 21.1. The van der Waals surface area contributed by atoms with Gasteiger partial charge in [-0.1, -0.05) is 32.9 Å². The average Bonchev–Trinajstić information content (AvgIpc) is 2.92. The molecule has 1 rings (SSSR count). The molecular weight excluding hydrogens is 552 g/mol. The average molecular weight is 605 g/mol. The van der Waals surface area contributed by atoms with E-state index in [4.69, 9.17) is 37.6 Å². The Morgan fingerprint density at radius 2 is 1.51 bits per heavy atom. The second-order valence-electron chi connectivity index (χ2n) is 11.3. The Labute approximate surface area is 246 Å². The minimum Gasteiger partial charge on any atom is -0.497 e. The zero-order valence-corrected chi connectivity index (χ0v) is 27.2. The van der Waals surface area contributed by atoms with E-state index in [1.807, 2.05) is 24.3 Å². The van der Waals surface area contributed by atoms with Crippen molar-refractivity contribution in [3.05, 3.63) is 29.8 Å². The minimum atomic E-state index is -2.35. The van der Waals surface area contributed by atoms with Gasteiger partial charge in [0.15, 0.2) is 14.4 Å². The summed E-state index contributed by atoms with van der Waals surface area (Å²) in [5.41, 5.74) is 0.959. The van der Waals surface area contributed by atoms with Crippen LogP contribution in [0.1, 0.15) is 46.1 Å². The van der Waals surface area contributed by atoms with Crippen LogP contribution in [0.15, 0.2) is 24.3 Å². The molecule has 1 aromatic carbocycles. The highest BCUT2D eigenvalue weighted by atomic mass is 28.4. The molecule has 41 heavy (non-hydrogen) atoms. The standard InChI is InChI=1S/C29H52O11Si/c1-10-37-28(32)27(31)24(30)15-23(40-41(8,9)29(2,3)4)16-25(38-19-33-5)26(39-20-34-6)18-36-17-21-11-13-22(35-7)14-12-21/h11-14,23-27,30-31H,10,15-20H2,1-9H3/t23-,24-,25-,26-,27-/m1/s1. The van der Waals surface area contributed by atoms with Gasteiger partial charge in [-0.25, -0.2) is 4.79 Å². The third-order valence-corrected chi connectivity index (χ3v) is 11.6. The van der Waals surface area contributed by atoms with E-state index in [9.17, 15) is 15.0 Å². The maximum Gasteiger partial charge on any atom is 0.337 e. The Kier molecular flexibility index (Phi) is 17.2. The molecular formula is C29H52O11Si. The molecule has 0 radical (unpaired) electrons. The quantitative estimate of drug-likeness (QED) is 0.121. The number of methoxy groups -OCH3 is 3. The van der Waals surface area contributed by atoms with Crippen molar-refractivity contribution < 1.29 is 52.6 Å². The number of esters is 1. The molecule has 0 spiro atoms. The van der Waals surface area contributed by atoms with Crippen molar-refractivity contribution in [1.82, 2.24) is 0 Å². The maximum absolute atomic E-state index is 12.1. The molecule has 2 N–H and O–H groups in total. The molecule has 0 aliphatic rings. The van der Waals surface area contributed by atoms with E-state index in [1.165, 1.54) is 14.2 Å².